The van der Waals surface area contributed by atoms with Crippen LogP contribution in [0.25, 0.3) is 11.0 Å². The summed E-state index contributed by atoms with van der Waals surface area (Å²) in [5.41, 5.74) is 3.69. The Morgan fingerprint density at radius 1 is 1.48 bits per heavy atom. The number of esters is 1. The molecule has 8 nitrogen and oxygen atoms in total. The molecule has 0 saturated carbocycles. The molecule has 2 rings (SSSR count). The summed E-state index contributed by atoms with van der Waals surface area (Å²) < 4.78 is 5.66. The largest absolute Gasteiger partial charge is 0.468 e. The first-order valence-electron chi connectivity index (χ1n) is 7.08. The number of hydrogen-bond donors (Lipinski definition) is 2. The molecule has 0 atom stereocenters. The lowest BCUT2D eigenvalue weighted by molar-refractivity contribution is -0.137. The molecule has 124 valence electrons. The van der Waals surface area contributed by atoms with E-state index in [0.717, 1.165) is 22.1 Å². The molecule has 2 heterocycles. The Morgan fingerprint density at radius 3 is 2.87 bits per heavy atom. The number of rotatable bonds is 6. The highest BCUT2D eigenvalue weighted by molar-refractivity contribution is 7.99. The molecule has 9 heteroatoms. The van der Waals surface area contributed by atoms with Crippen LogP contribution in [0.15, 0.2) is 16.0 Å². The van der Waals surface area contributed by atoms with Gasteiger partial charge in [0, 0.05) is 12.1 Å². The van der Waals surface area contributed by atoms with Gasteiger partial charge in [0.1, 0.15) is 5.52 Å². The lowest BCUT2D eigenvalue weighted by atomic mass is 10.3. The van der Waals surface area contributed by atoms with Crippen LogP contribution < -0.4 is 11.0 Å². The third-order valence-electron chi connectivity index (χ3n) is 3.02. The van der Waals surface area contributed by atoms with Gasteiger partial charge in [0.05, 0.1) is 18.4 Å². The lowest BCUT2D eigenvalue weighted by Crippen LogP contribution is -2.35. The molecule has 0 fully saturated rings. The number of thioether (sulfide) groups is 1. The number of H-pyrrole nitrogens is 1. The number of aryl methyl sites for hydroxylation is 1. The SMILES string of the molecule is CCCC(=O)Nn1c(SCC(=O)OC)nc2cc(C)[nH]c2c1=O. The van der Waals surface area contributed by atoms with Crippen LogP contribution in [0, 0.1) is 6.92 Å². The van der Waals surface area contributed by atoms with E-state index in [4.69, 9.17) is 0 Å². The zero-order chi connectivity index (χ0) is 17.0. The van der Waals surface area contributed by atoms with Crippen molar-refractivity contribution in [3.63, 3.8) is 0 Å². The van der Waals surface area contributed by atoms with Crippen LogP contribution in [0.1, 0.15) is 25.5 Å². The molecule has 0 saturated heterocycles. The van der Waals surface area contributed by atoms with E-state index in [2.05, 4.69) is 20.1 Å². The number of carbonyl (C=O) groups excluding carboxylic acids is 2. The van der Waals surface area contributed by atoms with E-state index < -0.39 is 11.5 Å². The van der Waals surface area contributed by atoms with Crippen molar-refractivity contribution in [3.8, 4) is 0 Å². The highest BCUT2D eigenvalue weighted by Crippen LogP contribution is 2.17. The number of aromatic amines is 1. The number of nitrogens with one attached hydrogen (secondary N) is 2. The average Bonchev–Trinajstić information content (AvgIpc) is 2.89. The molecule has 0 aromatic carbocycles. The van der Waals surface area contributed by atoms with E-state index >= 15 is 0 Å². The predicted octanol–water partition coefficient (Wildman–Crippen LogP) is 1.17. The standard InChI is InChI=1S/C14H18N4O4S/c1-4-5-10(19)17-18-13(21)12-9(6-8(2)15-12)16-14(18)23-7-11(20)22-3/h6,15H,4-5,7H2,1-3H3,(H,17,19). The van der Waals surface area contributed by atoms with Gasteiger partial charge >= 0.3 is 5.97 Å². The van der Waals surface area contributed by atoms with Gasteiger partial charge in [0.25, 0.3) is 5.56 Å². The third-order valence-corrected chi connectivity index (χ3v) is 3.93. The van der Waals surface area contributed by atoms with Crippen molar-refractivity contribution in [1.29, 1.82) is 0 Å². The van der Waals surface area contributed by atoms with Gasteiger partial charge in [0.2, 0.25) is 5.91 Å². The third kappa shape index (κ3) is 3.92. The van der Waals surface area contributed by atoms with E-state index in [1.165, 1.54) is 7.11 Å². The second-order valence-corrected chi connectivity index (χ2v) is 5.84. The van der Waals surface area contributed by atoms with Gasteiger partial charge in [0.15, 0.2) is 5.16 Å². The van der Waals surface area contributed by atoms with E-state index in [1.807, 2.05) is 13.8 Å². The molecule has 0 spiro atoms. The molecule has 1 amide bonds. The van der Waals surface area contributed by atoms with Gasteiger partial charge in [-0.15, -0.1) is 0 Å². The molecule has 2 N–H and O–H groups in total. The normalized spacial score (nSPS) is 10.7. The molecule has 0 radical (unpaired) electrons. The Labute approximate surface area is 136 Å². The smallest absolute Gasteiger partial charge is 0.316 e. The van der Waals surface area contributed by atoms with Crippen molar-refractivity contribution in [2.75, 3.05) is 18.3 Å². The van der Waals surface area contributed by atoms with Gasteiger partial charge in [-0.05, 0) is 19.4 Å². The average molecular weight is 338 g/mol. The number of hydrogen-bond acceptors (Lipinski definition) is 6. The number of methoxy groups -OCH3 is 1. The van der Waals surface area contributed by atoms with Crippen molar-refractivity contribution in [2.24, 2.45) is 0 Å². The maximum Gasteiger partial charge on any atom is 0.316 e. The summed E-state index contributed by atoms with van der Waals surface area (Å²) in [5.74, 6) is -0.749. The van der Waals surface area contributed by atoms with E-state index in [9.17, 15) is 14.4 Å². The topological polar surface area (TPSA) is 106 Å². The molecule has 0 aliphatic heterocycles. The minimum atomic E-state index is -0.443. The number of ether oxygens (including phenoxy) is 1. The van der Waals surface area contributed by atoms with Crippen LogP contribution in [-0.4, -0.2) is 39.4 Å². The first-order chi connectivity index (χ1) is 11.0. The number of nitrogens with zero attached hydrogens (tertiary/aromatic N) is 2. The molecular formula is C14H18N4O4S. The van der Waals surface area contributed by atoms with Gasteiger partial charge in [-0.3, -0.25) is 19.8 Å². The fraction of sp³-hybridized carbons (Fsp3) is 0.429. The predicted molar refractivity (Wildman–Crippen MR) is 87.1 cm³/mol. The summed E-state index contributed by atoms with van der Waals surface area (Å²) in [5, 5.41) is 0.233. The summed E-state index contributed by atoms with van der Waals surface area (Å²) >= 11 is 1.03. The maximum atomic E-state index is 12.6. The minimum Gasteiger partial charge on any atom is -0.468 e. The monoisotopic (exact) mass is 338 g/mol. The van der Waals surface area contributed by atoms with Gasteiger partial charge in [-0.25, -0.2) is 4.98 Å². The summed E-state index contributed by atoms with van der Waals surface area (Å²) in [7, 11) is 1.28. The van der Waals surface area contributed by atoms with Crippen molar-refractivity contribution < 1.29 is 14.3 Å². The molecule has 2 aromatic heterocycles. The van der Waals surface area contributed by atoms with Crippen molar-refractivity contribution in [2.45, 2.75) is 31.8 Å². The fourth-order valence-electron chi connectivity index (χ4n) is 1.96. The summed E-state index contributed by atoms with van der Waals surface area (Å²) in [4.78, 5) is 43.0. The van der Waals surface area contributed by atoms with Crippen molar-refractivity contribution in [3.05, 3.63) is 22.1 Å². The first-order valence-corrected chi connectivity index (χ1v) is 8.06. The second kappa shape index (κ2) is 7.32. The Kier molecular flexibility index (Phi) is 5.43. The quantitative estimate of drug-likeness (QED) is 0.465. The molecular weight excluding hydrogens is 320 g/mol. The van der Waals surface area contributed by atoms with Gasteiger partial charge in [-0.1, -0.05) is 18.7 Å². The number of aromatic nitrogens is 3. The zero-order valence-electron chi connectivity index (χ0n) is 13.1. The van der Waals surface area contributed by atoms with E-state index in [-0.39, 0.29) is 23.2 Å². The Balaban J connectivity index is 2.45. The van der Waals surface area contributed by atoms with Crippen LogP contribution in [0.2, 0.25) is 0 Å². The van der Waals surface area contributed by atoms with E-state index in [0.29, 0.717) is 17.5 Å². The molecule has 2 aromatic rings. The van der Waals surface area contributed by atoms with Gasteiger partial charge < -0.3 is 9.72 Å². The molecule has 0 unspecified atom stereocenters. The van der Waals surface area contributed by atoms with Gasteiger partial charge in [-0.2, -0.15) is 4.68 Å². The van der Waals surface area contributed by atoms with E-state index in [1.54, 1.807) is 6.07 Å². The number of fused-ring (bicyclic) bond motifs is 1. The van der Waals surface area contributed by atoms with Crippen LogP contribution >= 0.6 is 11.8 Å². The Bertz CT molecular complexity index is 796. The van der Waals surface area contributed by atoms with Crippen LogP contribution in [0.5, 0.6) is 0 Å². The second-order valence-electron chi connectivity index (χ2n) is 4.90. The highest BCUT2D eigenvalue weighted by atomic mass is 32.2. The highest BCUT2D eigenvalue weighted by Gasteiger charge is 2.16. The summed E-state index contributed by atoms with van der Waals surface area (Å²) in [6, 6.07) is 1.73. The fourth-order valence-corrected chi connectivity index (χ4v) is 2.75. The Morgan fingerprint density at radius 2 is 2.22 bits per heavy atom. The number of amides is 1. The van der Waals surface area contributed by atoms with Crippen molar-refractivity contribution >= 4 is 34.7 Å². The lowest BCUT2D eigenvalue weighted by Gasteiger charge is -2.12. The molecule has 0 bridgehead atoms. The van der Waals surface area contributed by atoms with Crippen LogP contribution in [-0.2, 0) is 14.3 Å². The molecule has 0 aliphatic rings. The molecule has 23 heavy (non-hydrogen) atoms. The van der Waals surface area contributed by atoms with Crippen LogP contribution in [0.4, 0.5) is 0 Å². The van der Waals surface area contributed by atoms with Crippen LogP contribution in [0.3, 0.4) is 0 Å². The first kappa shape index (κ1) is 17.1. The molecule has 0 aliphatic carbocycles. The number of carbonyl (C=O) groups is 2. The Hall–Kier alpha value is -2.29. The summed E-state index contributed by atoms with van der Waals surface area (Å²) in [6.45, 7) is 3.67. The minimum absolute atomic E-state index is 0.0124. The summed E-state index contributed by atoms with van der Waals surface area (Å²) in [6.07, 6.45) is 0.942. The maximum absolute atomic E-state index is 12.6. The van der Waals surface area contributed by atoms with Crippen molar-refractivity contribution in [1.82, 2.24) is 14.6 Å². The zero-order valence-corrected chi connectivity index (χ0v) is 14.0.